The van der Waals surface area contributed by atoms with Crippen molar-refractivity contribution in [3.8, 4) is 17.2 Å². The minimum atomic E-state index is -0.0391. The van der Waals surface area contributed by atoms with E-state index in [9.17, 15) is 9.59 Å². The second-order valence-electron chi connectivity index (χ2n) is 7.44. The lowest BCUT2D eigenvalue weighted by Crippen LogP contribution is -2.23. The van der Waals surface area contributed by atoms with Crippen molar-refractivity contribution >= 4 is 11.7 Å². The number of amides is 1. The van der Waals surface area contributed by atoms with Crippen molar-refractivity contribution in [3.05, 3.63) is 53.1 Å². The van der Waals surface area contributed by atoms with Crippen LogP contribution in [0.3, 0.4) is 0 Å². The van der Waals surface area contributed by atoms with Gasteiger partial charge in [-0.25, -0.2) is 0 Å². The zero-order chi connectivity index (χ0) is 21.5. The molecule has 6 nitrogen and oxygen atoms in total. The van der Waals surface area contributed by atoms with Gasteiger partial charge in [0, 0.05) is 36.1 Å². The van der Waals surface area contributed by atoms with E-state index in [-0.39, 0.29) is 17.8 Å². The van der Waals surface area contributed by atoms with E-state index in [2.05, 4.69) is 5.32 Å². The second-order valence-corrected chi connectivity index (χ2v) is 7.44. The van der Waals surface area contributed by atoms with E-state index >= 15 is 0 Å². The molecule has 160 valence electrons. The van der Waals surface area contributed by atoms with E-state index in [1.54, 1.807) is 24.3 Å². The van der Waals surface area contributed by atoms with Crippen molar-refractivity contribution < 1.29 is 23.8 Å². The average molecular weight is 411 g/mol. The zero-order valence-electron chi connectivity index (χ0n) is 17.8. The molecule has 1 amide bonds. The molecule has 6 heteroatoms. The lowest BCUT2D eigenvalue weighted by atomic mass is 10.1. The topological polar surface area (TPSA) is 73.9 Å². The quantitative estimate of drug-likeness (QED) is 0.471. The Kier molecular flexibility index (Phi) is 7.33. The van der Waals surface area contributed by atoms with E-state index in [0.717, 1.165) is 29.0 Å². The van der Waals surface area contributed by atoms with Crippen LogP contribution in [-0.2, 0) is 17.8 Å². The van der Waals surface area contributed by atoms with Gasteiger partial charge in [-0.05, 0) is 63.6 Å². The fourth-order valence-electron chi connectivity index (χ4n) is 3.40. The molecule has 1 N–H and O–H groups in total. The normalized spacial score (nSPS) is 14.6. The van der Waals surface area contributed by atoms with Gasteiger partial charge in [0.25, 0.3) is 0 Å². The van der Waals surface area contributed by atoms with Crippen LogP contribution in [0.1, 0.15) is 55.1 Å². The molecule has 0 aliphatic carbocycles. The Morgan fingerprint density at radius 2 is 1.93 bits per heavy atom. The number of benzene rings is 2. The maximum atomic E-state index is 12.2. The van der Waals surface area contributed by atoms with Gasteiger partial charge in [-0.15, -0.1) is 0 Å². The molecule has 0 spiro atoms. The predicted octanol–water partition coefficient (Wildman–Crippen LogP) is 4.09. The third kappa shape index (κ3) is 5.75. The first-order chi connectivity index (χ1) is 14.5. The Hall–Kier alpha value is -3.02. The fourth-order valence-corrected chi connectivity index (χ4v) is 3.40. The molecule has 2 aromatic carbocycles. The number of hydrogen-bond acceptors (Lipinski definition) is 5. The molecule has 1 atom stereocenters. The lowest BCUT2D eigenvalue weighted by Gasteiger charge is -2.13. The number of ether oxygens (including phenoxy) is 3. The lowest BCUT2D eigenvalue weighted by molar-refractivity contribution is -0.121. The molecule has 3 rings (SSSR count). The Bertz CT molecular complexity index is 891. The fraction of sp³-hybridized carbons (Fsp3) is 0.417. The number of rotatable bonds is 10. The Morgan fingerprint density at radius 3 is 2.63 bits per heavy atom. The SMILES string of the molecule is CCOc1cc2c(cc1CNC(=O)CCCOc1ccc(C(C)=O)cc1)OC(C)C2. The minimum absolute atomic E-state index is 0.0233. The molecule has 1 unspecified atom stereocenters. The molecule has 30 heavy (non-hydrogen) atoms. The summed E-state index contributed by atoms with van der Waals surface area (Å²) in [6.07, 6.45) is 2.01. The minimum Gasteiger partial charge on any atom is -0.494 e. The van der Waals surface area contributed by atoms with Crippen molar-refractivity contribution in [1.82, 2.24) is 5.32 Å². The van der Waals surface area contributed by atoms with Gasteiger partial charge in [-0.1, -0.05) is 0 Å². The van der Waals surface area contributed by atoms with E-state index in [4.69, 9.17) is 14.2 Å². The highest BCUT2D eigenvalue weighted by Crippen LogP contribution is 2.35. The second kappa shape index (κ2) is 10.1. The maximum Gasteiger partial charge on any atom is 0.220 e. The van der Waals surface area contributed by atoms with Gasteiger partial charge < -0.3 is 19.5 Å². The predicted molar refractivity (Wildman–Crippen MR) is 114 cm³/mol. The molecule has 0 aromatic heterocycles. The Morgan fingerprint density at radius 1 is 1.17 bits per heavy atom. The summed E-state index contributed by atoms with van der Waals surface area (Å²) in [5.74, 6) is 2.35. The standard InChI is InChI=1S/C24H29NO5/c1-4-28-22-13-19-12-16(2)30-23(19)14-20(22)15-25-24(27)6-5-11-29-21-9-7-18(8-10-21)17(3)26/h7-10,13-14,16H,4-6,11-12,15H2,1-3H3,(H,25,27). The van der Waals surface area contributed by atoms with Crippen LogP contribution in [0.15, 0.2) is 36.4 Å². The van der Waals surface area contributed by atoms with E-state index in [1.165, 1.54) is 6.92 Å². The first-order valence-electron chi connectivity index (χ1n) is 10.4. The van der Waals surface area contributed by atoms with Crippen molar-refractivity contribution in [3.63, 3.8) is 0 Å². The molecular weight excluding hydrogens is 382 g/mol. The number of ketones is 1. The summed E-state index contributed by atoms with van der Waals surface area (Å²) in [6.45, 7) is 6.92. The summed E-state index contributed by atoms with van der Waals surface area (Å²) in [5.41, 5.74) is 2.72. The van der Waals surface area contributed by atoms with Crippen molar-refractivity contribution in [2.45, 2.75) is 52.7 Å². The first kappa shape index (κ1) is 21.7. The number of carbonyl (C=O) groups excluding carboxylic acids is 2. The van der Waals surface area contributed by atoms with E-state index < -0.39 is 0 Å². The molecule has 0 saturated heterocycles. The van der Waals surface area contributed by atoms with Crippen molar-refractivity contribution in [2.75, 3.05) is 13.2 Å². The Balaban J connectivity index is 1.44. The van der Waals surface area contributed by atoms with Gasteiger partial charge in [-0.3, -0.25) is 9.59 Å². The van der Waals surface area contributed by atoms with Gasteiger partial charge in [0.2, 0.25) is 5.91 Å². The van der Waals surface area contributed by atoms with Crippen LogP contribution in [0.25, 0.3) is 0 Å². The van der Waals surface area contributed by atoms with Crippen LogP contribution in [0.4, 0.5) is 0 Å². The van der Waals surface area contributed by atoms with E-state index in [1.807, 2.05) is 26.0 Å². The third-order valence-electron chi connectivity index (χ3n) is 4.93. The van der Waals surface area contributed by atoms with Gasteiger partial charge in [-0.2, -0.15) is 0 Å². The van der Waals surface area contributed by atoms with Crippen LogP contribution in [-0.4, -0.2) is 31.0 Å². The summed E-state index contributed by atoms with van der Waals surface area (Å²) >= 11 is 0. The molecule has 0 saturated carbocycles. The largest absolute Gasteiger partial charge is 0.494 e. The molecule has 0 fully saturated rings. The molecule has 1 aliphatic heterocycles. The highest BCUT2D eigenvalue weighted by molar-refractivity contribution is 5.94. The van der Waals surface area contributed by atoms with Crippen LogP contribution in [0.2, 0.25) is 0 Å². The summed E-state index contributed by atoms with van der Waals surface area (Å²) in [7, 11) is 0. The maximum absolute atomic E-state index is 12.2. The van der Waals surface area contributed by atoms with Crippen LogP contribution in [0, 0.1) is 0 Å². The van der Waals surface area contributed by atoms with Crippen molar-refractivity contribution in [1.29, 1.82) is 0 Å². The summed E-state index contributed by atoms with van der Waals surface area (Å²) < 4.78 is 17.2. The summed E-state index contributed by atoms with van der Waals surface area (Å²) in [4.78, 5) is 23.5. The molecular formula is C24H29NO5. The monoisotopic (exact) mass is 411 g/mol. The third-order valence-corrected chi connectivity index (χ3v) is 4.93. The summed E-state index contributed by atoms with van der Waals surface area (Å²) in [5, 5.41) is 2.95. The number of nitrogens with one attached hydrogen (secondary N) is 1. The highest BCUT2D eigenvalue weighted by Gasteiger charge is 2.22. The Labute approximate surface area is 177 Å². The van der Waals surface area contributed by atoms with Crippen LogP contribution >= 0.6 is 0 Å². The van der Waals surface area contributed by atoms with Crippen LogP contribution in [0.5, 0.6) is 17.2 Å². The van der Waals surface area contributed by atoms with Crippen molar-refractivity contribution in [2.24, 2.45) is 0 Å². The van der Waals surface area contributed by atoms with E-state index in [0.29, 0.717) is 43.9 Å². The number of Topliss-reactive ketones (excluding diaryl/α,β-unsaturated/α-hetero) is 1. The first-order valence-corrected chi connectivity index (χ1v) is 10.4. The van der Waals surface area contributed by atoms with Gasteiger partial charge in [0.05, 0.1) is 13.2 Å². The van der Waals surface area contributed by atoms with Gasteiger partial charge >= 0.3 is 0 Å². The summed E-state index contributed by atoms with van der Waals surface area (Å²) in [6, 6.07) is 11.0. The van der Waals surface area contributed by atoms with Gasteiger partial charge in [0.1, 0.15) is 23.4 Å². The molecule has 0 bridgehead atoms. The molecule has 0 radical (unpaired) electrons. The highest BCUT2D eigenvalue weighted by atomic mass is 16.5. The van der Waals surface area contributed by atoms with Gasteiger partial charge in [0.15, 0.2) is 5.78 Å². The number of hydrogen-bond donors (Lipinski definition) is 1. The number of fused-ring (bicyclic) bond motifs is 1. The average Bonchev–Trinajstić information content (AvgIpc) is 3.08. The molecule has 1 aliphatic rings. The smallest absolute Gasteiger partial charge is 0.220 e. The van der Waals surface area contributed by atoms with Crippen LogP contribution < -0.4 is 19.5 Å². The zero-order valence-corrected chi connectivity index (χ0v) is 17.8. The number of carbonyl (C=O) groups is 2. The molecule has 1 heterocycles. The molecule has 2 aromatic rings.